The maximum Gasteiger partial charge on any atom is 0.0637 e. The number of rotatable bonds is 8. The summed E-state index contributed by atoms with van der Waals surface area (Å²) < 4.78 is 5.54. The van der Waals surface area contributed by atoms with E-state index in [0.29, 0.717) is 6.04 Å². The van der Waals surface area contributed by atoms with E-state index in [4.69, 9.17) is 27.9 Å². The predicted molar refractivity (Wildman–Crippen MR) is 88.0 cm³/mol. The number of nitrogens with one attached hydrogen (secondary N) is 1. The van der Waals surface area contributed by atoms with Gasteiger partial charge in [0.15, 0.2) is 0 Å². The summed E-state index contributed by atoms with van der Waals surface area (Å²) in [6.07, 6.45) is 2.82. The van der Waals surface area contributed by atoms with Crippen molar-refractivity contribution in [2.75, 3.05) is 13.7 Å². The lowest BCUT2D eigenvalue weighted by atomic mass is 9.93. The van der Waals surface area contributed by atoms with Gasteiger partial charge < -0.3 is 10.1 Å². The fourth-order valence-corrected chi connectivity index (χ4v) is 2.77. The van der Waals surface area contributed by atoms with E-state index in [1.54, 1.807) is 7.11 Å². The highest BCUT2D eigenvalue weighted by Gasteiger charge is 2.24. The van der Waals surface area contributed by atoms with E-state index >= 15 is 0 Å². The highest BCUT2D eigenvalue weighted by atomic mass is 35.5. The molecule has 0 aliphatic rings. The summed E-state index contributed by atoms with van der Waals surface area (Å²) in [6, 6.07) is 5.95. The van der Waals surface area contributed by atoms with Crippen LogP contribution in [0.3, 0.4) is 0 Å². The molecule has 0 fully saturated rings. The molecule has 1 rings (SSSR count). The summed E-state index contributed by atoms with van der Waals surface area (Å²) in [5.41, 5.74) is 0.843. The van der Waals surface area contributed by atoms with E-state index in [0.717, 1.165) is 41.4 Å². The van der Waals surface area contributed by atoms with Crippen molar-refractivity contribution < 1.29 is 4.74 Å². The van der Waals surface area contributed by atoms with Crippen molar-refractivity contribution in [3.05, 3.63) is 33.8 Å². The van der Waals surface area contributed by atoms with Crippen molar-refractivity contribution >= 4 is 23.2 Å². The Hall–Kier alpha value is -0.280. The van der Waals surface area contributed by atoms with Crippen LogP contribution in [0.4, 0.5) is 0 Å². The van der Waals surface area contributed by atoms with Gasteiger partial charge in [0.25, 0.3) is 0 Å². The van der Waals surface area contributed by atoms with Gasteiger partial charge in [0.05, 0.1) is 5.60 Å². The van der Waals surface area contributed by atoms with Crippen molar-refractivity contribution in [3.63, 3.8) is 0 Å². The molecule has 1 aromatic rings. The number of hydrogen-bond acceptors (Lipinski definition) is 2. The average molecular weight is 318 g/mol. The first kappa shape index (κ1) is 17.8. The Labute approximate surface area is 132 Å². The normalized spacial score (nSPS) is 13.5. The van der Waals surface area contributed by atoms with Gasteiger partial charge in [0, 0.05) is 23.2 Å². The summed E-state index contributed by atoms with van der Waals surface area (Å²) in [5, 5.41) is 5.03. The van der Waals surface area contributed by atoms with E-state index < -0.39 is 0 Å². The Morgan fingerprint density at radius 2 is 1.85 bits per heavy atom. The van der Waals surface area contributed by atoms with E-state index in [1.807, 2.05) is 18.2 Å². The lowest BCUT2D eigenvalue weighted by Gasteiger charge is -2.29. The molecule has 1 atom stereocenters. The van der Waals surface area contributed by atoms with Gasteiger partial charge in [-0.2, -0.15) is 0 Å². The number of halogens is 2. The molecular weight excluding hydrogens is 293 g/mol. The zero-order valence-electron chi connectivity index (χ0n) is 12.8. The van der Waals surface area contributed by atoms with Crippen LogP contribution in [0.25, 0.3) is 0 Å². The van der Waals surface area contributed by atoms with Crippen molar-refractivity contribution in [3.8, 4) is 0 Å². The van der Waals surface area contributed by atoms with E-state index in [9.17, 15) is 0 Å². The molecule has 0 radical (unpaired) electrons. The molecule has 20 heavy (non-hydrogen) atoms. The van der Waals surface area contributed by atoms with Gasteiger partial charge in [-0.15, -0.1) is 0 Å². The SMILES string of the molecule is CCCNC(Cc1c(Cl)cccc1Cl)CC(C)(C)OC. The third-order valence-electron chi connectivity index (χ3n) is 3.49. The lowest BCUT2D eigenvalue weighted by Crippen LogP contribution is -2.39. The van der Waals surface area contributed by atoms with Gasteiger partial charge in [-0.3, -0.25) is 0 Å². The first-order valence-corrected chi connectivity index (χ1v) is 7.86. The minimum atomic E-state index is -0.168. The maximum atomic E-state index is 6.27. The van der Waals surface area contributed by atoms with Crippen LogP contribution in [0.15, 0.2) is 18.2 Å². The molecule has 114 valence electrons. The van der Waals surface area contributed by atoms with E-state index in [-0.39, 0.29) is 5.60 Å². The minimum Gasteiger partial charge on any atom is -0.379 e. The molecule has 0 saturated carbocycles. The van der Waals surface area contributed by atoms with Crippen LogP contribution in [0.2, 0.25) is 10.0 Å². The molecule has 1 N–H and O–H groups in total. The summed E-state index contributed by atoms with van der Waals surface area (Å²) >= 11 is 12.5. The molecule has 2 nitrogen and oxygen atoms in total. The van der Waals surface area contributed by atoms with Gasteiger partial charge >= 0.3 is 0 Å². The molecule has 1 aromatic carbocycles. The smallest absolute Gasteiger partial charge is 0.0637 e. The van der Waals surface area contributed by atoms with Crippen LogP contribution < -0.4 is 5.32 Å². The lowest BCUT2D eigenvalue weighted by molar-refractivity contribution is 0.00714. The topological polar surface area (TPSA) is 21.3 Å². The van der Waals surface area contributed by atoms with Crippen LogP contribution in [-0.2, 0) is 11.2 Å². The van der Waals surface area contributed by atoms with Crippen molar-refractivity contribution in [1.82, 2.24) is 5.32 Å². The zero-order valence-corrected chi connectivity index (χ0v) is 14.3. The Balaban J connectivity index is 2.83. The fraction of sp³-hybridized carbons (Fsp3) is 0.625. The van der Waals surface area contributed by atoms with Crippen molar-refractivity contribution in [1.29, 1.82) is 0 Å². The van der Waals surface area contributed by atoms with Gasteiger partial charge in [0.2, 0.25) is 0 Å². The number of benzene rings is 1. The van der Waals surface area contributed by atoms with Gasteiger partial charge in [-0.1, -0.05) is 36.2 Å². The molecular formula is C16H25Cl2NO. The molecule has 0 bridgehead atoms. The molecule has 0 spiro atoms. The van der Waals surface area contributed by atoms with Crippen LogP contribution in [0.5, 0.6) is 0 Å². The summed E-state index contributed by atoms with van der Waals surface area (Å²) in [6.45, 7) is 7.34. The molecule has 1 unspecified atom stereocenters. The number of hydrogen-bond donors (Lipinski definition) is 1. The molecule has 0 aliphatic carbocycles. The molecule has 0 saturated heterocycles. The van der Waals surface area contributed by atoms with Crippen LogP contribution in [0, 0.1) is 0 Å². The van der Waals surface area contributed by atoms with Gasteiger partial charge in [0.1, 0.15) is 0 Å². The second-order valence-electron chi connectivity index (χ2n) is 5.72. The molecule has 0 heterocycles. The zero-order chi connectivity index (χ0) is 15.2. The van der Waals surface area contributed by atoms with E-state index in [2.05, 4.69) is 26.1 Å². The van der Waals surface area contributed by atoms with Crippen molar-refractivity contribution in [2.24, 2.45) is 0 Å². The average Bonchev–Trinajstić information content (AvgIpc) is 2.40. The highest BCUT2D eigenvalue weighted by Crippen LogP contribution is 2.27. The first-order chi connectivity index (χ1) is 9.39. The number of methoxy groups -OCH3 is 1. The minimum absolute atomic E-state index is 0.168. The van der Waals surface area contributed by atoms with Crippen LogP contribution >= 0.6 is 23.2 Å². The van der Waals surface area contributed by atoms with Crippen molar-refractivity contribution in [2.45, 2.75) is 51.7 Å². The molecule has 0 amide bonds. The Morgan fingerprint density at radius 1 is 1.25 bits per heavy atom. The summed E-state index contributed by atoms with van der Waals surface area (Å²) in [7, 11) is 1.75. The molecule has 4 heteroatoms. The van der Waals surface area contributed by atoms with E-state index in [1.165, 1.54) is 0 Å². The van der Waals surface area contributed by atoms with Gasteiger partial charge in [-0.25, -0.2) is 0 Å². The Kier molecular flexibility index (Phi) is 7.32. The Bertz CT molecular complexity index is 401. The third-order valence-corrected chi connectivity index (χ3v) is 4.19. The predicted octanol–water partition coefficient (Wildman–Crippen LogP) is 4.72. The monoisotopic (exact) mass is 317 g/mol. The summed E-state index contributed by atoms with van der Waals surface area (Å²) in [5.74, 6) is 0. The second kappa shape index (κ2) is 8.23. The highest BCUT2D eigenvalue weighted by molar-refractivity contribution is 6.36. The maximum absolute atomic E-state index is 6.27. The number of ether oxygens (including phenoxy) is 1. The fourth-order valence-electron chi connectivity index (χ4n) is 2.22. The Morgan fingerprint density at radius 3 is 2.35 bits per heavy atom. The standard InChI is InChI=1S/C16H25Cl2NO/c1-5-9-19-12(11-16(2,3)20-4)10-13-14(17)7-6-8-15(13)18/h6-8,12,19H,5,9-11H2,1-4H3. The molecule has 0 aromatic heterocycles. The van der Waals surface area contributed by atoms with Crippen LogP contribution in [0.1, 0.15) is 39.2 Å². The molecule has 0 aliphatic heterocycles. The first-order valence-electron chi connectivity index (χ1n) is 7.11. The largest absolute Gasteiger partial charge is 0.379 e. The second-order valence-corrected chi connectivity index (χ2v) is 6.54. The summed E-state index contributed by atoms with van der Waals surface area (Å²) in [4.78, 5) is 0. The third kappa shape index (κ3) is 5.61. The van der Waals surface area contributed by atoms with Gasteiger partial charge in [-0.05, 0) is 57.4 Å². The van der Waals surface area contributed by atoms with Crippen LogP contribution in [-0.4, -0.2) is 25.3 Å². The quantitative estimate of drug-likeness (QED) is 0.749.